The topological polar surface area (TPSA) is 32.9 Å². The van der Waals surface area contributed by atoms with Gasteiger partial charge in [-0.05, 0) is 17.0 Å². The molecule has 1 heterocycles. The minimum Gasteiger partial charge on any atom is -0.359 e. The van der Waals surface area contributed by atoms with Gasteiger partial charge in [0.05, 0.1) is 5.69 Å². The van der Waals surface area contributed by atoms with Gasteiger partial charge >= 0.3 is 0 Å². The van der Waals surface area contributed by atoms with E-state index in [1.165, 1.54) is 5.56 Å². The second-order valence-electron chi connectivity index (χ2n) is 4.33. The monoisotopic (exact) mass is 179 g/mol. The van der Waals surface area contributed by atoms with E-state index in [-0.39, 0.29) is 11.2 Å². The normalized spacial score (nSPS) is 11.7. The SMILES string of the molecule is CCC(=O)c1cc(C(C)(C)C)c[nH]1. The van der Waals surface area contributed by atoms with Crippen molar-refractivity contribution >= 4 is 5.78 Å². The summed E-state index contributed by atoms with van der Waals surface area (Å²) >= 11 is 0. The lowest BCUT2D eigenvalue weighted by Gasteiger charge is -2.15. The van der Waals surface area contributed by atoms with Gasteiger partial charge in [0, 0.05) is 12.6 Å². The zero-order chi connectivity index (χ0) is 10.1. The molecule has 0 saturated heterocycles. The van der Waals surface area contributed by atoms with Crippen molar-refractivity contribution in [3.8, 4) is 0 Å². The Morgan fingerprint density at radius 2 is 2.08 bits per heavy atom. The smallest absolute Gasteiger partial charge is 0.178 e. The van der Waals surface area contributed by atoms with Crippen LogP contribution in [0.25, 0.3) is 0 Å². The fraction of sp³-hybridized carbons (Fsp3) is 0.545. The Balaban J connectivity index is 2.93. The minimum atomic E-state index is 0.114. The summed E-state index contributed by atoms with van der Waals surface area (Å²) in [7, 11) is 0. The fourth-order valence-electron chi connectivity index (χ4n) is 1.18. The van der Waals surface area contributed by atoms with Crippen LogP contribution in [0.1, 0.15) is 50.2 Å². The number of aromatic amines is 1. The third kappa shape index (κ3) is 2.20. The molecule has 0 radical (unpaired) electrons. The molecule has 0 aromatic carbocycles. The lowest BCUT2D eigenvalue weighted by molar-refractivity contribution is 0.0984. The van der Waals surface area contributed by atoms with Crippen LogP contribution in [-0.2, 0) is 5.41 Å². The average Bonchev–Trinajstić information content (AvgIpc) is 2.50. The van der Waals surface area contributed by atoms with Crippen LogP contribution in [0.5, 0.6) is 0 Å². The molecule has 0 bridgehead atoms. The third-order valence-electron chi connectivity index (χ3n) is 2.17. The summed E-state index contributed by atoms with van der Waals surface area (Å²) in [6, 6.07) is 1.95. The number of nitrogens with one attached hydrogen (secondary N) is 1. The summed E-state index contributed by atoms with van der Waals surface area (Å²) in [5.41, 5.74) is 2.03. The molecule has 0 atom stereocenters. The van der Waals surface area contributed by atoms with Crippen molar-refractivity contribution in [2.45, 2.75) is 39.5 Å². The number of rotatable bonds is 2. The van der Waals surface area contributed by atoms with Crippen molar-refractivity contribution in [1.82, 2.24) is 4.98 Å². The van der Waals surface area contributed by atoms with Crippen LogP contribution in [0.3, 0.4) is 0 Å². The molecule has 0 aliphatic rings. The van der Waals surface area contributed by atoms with E-state index in [4.69, 9.17) is 0 Å². The van der Waals surface area contributed by atoms with Crippen molar-refractivity contribution in [3.05, 3.63) is 23.5 Å². The molecule has 1 aromatic rings. The van der Waals surface area contributed by atoms with E-state index in [0.717, 1.165) is 5.69 Å². The zero-order valence-corrected chi connectivity index (χ0v) is 8.77. The zero-order valence-electron chi connectivity index (χ0n) is 8.77. The highest BCUT2D eigenvalue weighted by Crippen LogP contribution is 2.22. The molecule has 0 saturated carbocycles. The molecular weight excluding hydrogens is 162 g/mol. The number of H-pyrrole nitrogens is 1. The molecule has 0 aliphatic carbocycles. The first-order valence-corrected chi connectivity index (χ1v) is 4.67. The van der Waals surface area contributed by atoms with Crippen LogP contribution in [0.4, 0.5) is 0 Å². The van der Waals surface area contributed by atoms with Gasteiger partial charge in [-0.15, -0.1) is 0 Å². The molecule has 1 rings (SSSR count). The summed E-state index contributed by atoms with van der Waals surface area (Å²) in [5.74, 6) is 0.176. The highest BCUT2D eigenvalue weighted by molar-refractivity contribution is 5.94. The van der Waals surface area contributed by atoms with Crippen LogP contribution < -0.4 is 0 Å². The number of carbonyl (C=O) groups is 1. The molecule has 0 unspecified atom stereocenters. The number of ketones is 1. The Labute approximate surface area is 79.4 Å². The van der Waals surface area contributed by atoms with E-state index in [9.17, 15) is 4.79 Å². The molecular formula is C11H17NO. The summed E-state index contributed by atoms with van der Waals surface area (Å²) in [6.45, 7) is 8.28. The molecule has 2 heteroatoms. The molecule has 0 amide bonds. The summed E-state index contributed by atoms with van der Waals surface area (Å²) in [4.78, 5) is 14.3. The molecule has 1 N–H and O–H groups in total. The van der Waals surface area contributed by atoms with Gasteiger partial charge in [0.1, 0.15) is 0 Å². The van der Waals surface area contributed by atoms with Gasteiger partial charge in [-0.25, -0.2) is 0 Å². The maximum atomic E-state index is 11.3. The van der Waals surface area contributed by atoms with Gasteiger partial charge in [0.15, 0.2) is 5.78 Å². The second-order valence-corrected chi connectivity index (χ2v) is 4.33. The first-order valence-electron chi connectivity index (χ1n) is 4.67. The van der Waals surface area contributed by atoms with Crippen LogP contribution in [0, 0.1) is 0 Å². The van der Waals surface area contributed by atoms with E-state index in [1.807, 2.05) is 19.2 Å². The number of carbonyl (C=O) groups excluding carboxylic acids is 1. The lowest BCUT2D eigenvalue weighted by atomic mass is 9.89. The van der Waals surface area contributed by atoms with E-state index < -0.39 is 0 Å². The first kappa shape index (κ1) is 10.0. The number of hydrogen-bond acceptors (Lipinski definition) is 1. The standard InChI is InChI=1S/C11H17NO/c1-5-10(13)9-6-8(7-12-9)11(2,3)4/h6-7,12H,5H2,1-4H3. The van der Waals surface area contributed by atoms with E-state index >= 15 is 0 Å². The Bertz CT molecular complexity index is 304. The highest BCUT2D eigenvalue weighted by atomic mass is 16.1. The van der Waals surface area contributed by atoms with Crippen LogP contribution in [-0.4, -0.2) is 10.8 Å². The van der Waals surface area contributed by atoms with Crippen molar-refractivity contribution in [3.63, 3.8) is 0 Å². The van der Waals surface area contributed by atoms with E-state index in [1.54, 1.807) is 0 Å². The predicted molar refractivity (Wildman–Crippen MR) is 54.1 cm³/mol. The summed E-state index contributed by atoms with van der Waals surface area (Å²) in [6.07, 6.45) is 2.48. The Hall–Kier alpha value is -1.05. The van der Waals surface area contributed by atoms with Crippen molar-refractivity contribution < 1.29 is 4.79 Å². The predicted octanol–water partition coefficient (Wildman–Crippen LogP) is 2.90. The van der Waals surface area contributed by atoms with Crippen molar-refractivity contribution in [2.75, 3.05) is 0 Å². The van der Waals surface area contributed by atoms with Crippen LogP contribution in [0.2, 0.25) is 0 Å². The van der Waals surface area contributed by atoms with Gasteiger partial charge in [-0.2, -0.15) is 0 Å². The maximum absolute atomic E-state index is 11.3. The van der Waals surface area contributed by atoms with Gasteiger partial charge in [0.25, 0.3) is 0 Å². The number of aromatic nitrogens is 1. The van der Waals surface area contributed by atoms with E-state index in [0.29, 0.717) is 6.42 Å². The number of hydrogen-bond donors (Lipinski definition) is 1. The molecule has 0 spiro atoms. The molecule has 2 nitrogen and oxygen atoms in total. The largest absolute Gasteiger partial charge is 0.359 e. The lowest BCUT2D eigenvalue weighted by Crippen LogP contribution is -2.09. The quantitative estimate of drug-likeness (QED) is 0.696. The molecule has 0 fully saturated rings. The fourth-order valence-corrected chi connectivity index (χ4v) is 1.18. The van der Waals surface area contributed by atoms with Crippen molar-refractivity contribution in [2.24, 2.45) is 0 Å². The van der Waals surface area contributed by atoms with Gasteiger partial charge in [-0.3, -0.25) is 4.79 Å². The summed E-state index contributed by atoms with van der Waals surface area (Å²) in [5, 5.41) is 0. The maximum Gasteiger partial charge on any atom is 0.178 e. The molecule has 0 aliphatic heterocycles. The van der Waals surface area contributed by atoms with Crippen molar-refractivity contribution in [1.29, 1.82) is 0 Å². The first-order chi connectivity index (χ1) is 5.95. The third-order valence-corrected chi connectivity index (χ3v) is 2.17. The summed E-state index contributed by atoms with van der Waals surface area (Å²) < 4.78 is 0. The Morgan fingerprint density at radius 3 is 2.46 bits per heavy atom. The van der Waals surface area contributed by atoms with Gasteiger partial charge in [0.2, 0.25) is 0 Å². The van der Waals surface area contributed by atoms with E-state index in [2.05, 4.69) is 25.8 Å². The highest BCUT2D eigenvalue weighted by Gasteiger charge is 2.16. The second kappa shape index (κ2) is 3.36. The molecule has 13 heavy (non-hydrogen) atoms. The number of Topliss-reactive ketones (excluding diaryl/α,β-unsaturated/α-hetero) is 1. The van der Waals surface area contributed by atoms with Crippen LogP contribution >= 0.6 is 0 Å². The average molecular weight is 179 g/mol. The molecule has 1 aromatic heterocycles. The Kier molecular flexibility index (Phi) is 2.60. The molecule has 72 valence electrons. The van der Waals surface area contributed by atoms with Gasteiger partial charge in [-0.1, -0.05) is 27.7 Å². The van der Waals surface area contributed by atoms with Gasteiger partial charge < -0.3 is 4.98 Å². The Morgan fingerprint density at radius 1 is 1.46 bits per heavy atom. The van der Waals surface area contributed by atoms with Crippen LogP contribution in [0.15, 0.2) is 12.3 Å². The minimum absolute atomic E-state index is 0.114.